The molecular weight excluding hydrogens is 1120 g/mol. The van der Waals surface area contributed by atoms with Gasteiger partial charge in [-0.2, -0.15) is 0 Å². The molecular formula is C65H104Br2MgO10. The SMILES string of the molecule is C1C[C@@H]2C[C@H]1[C@H]1O[C@@H]21.C=CCBr.C=CCCC[C@@H]1[C@@H]2CC[C@@H](C2)[C@H]1O.C=CCCC[C@@H]1[C@@H]2CC[C@@H](C2)[C@H]1OC(=O)C[C@H](C(=O)O)C(C)(C)C.C=CCCC[C@H]1[C@H]2CC[C@H](C2)[C@@H]1OC(=O)C[C@H](C(=O)O)C(C)(C)C.C=C[CH2-].[Br-].[Mg+2]. The summed E-state index contributed by atoms with van der Waals surface area (Å²) in [6.45, 7) is 32.3. The minimum Gasteiger partial charge on any atom is -1.00 e. The van der Waals surface area contributed by atoms with E-state index in [1.807, 2.05) is 59.8 Å². The van der Waals surface area contributed by atoms with E-state index in [0.29, 0.717) is 47.3 Å². The molecule has 0 radical (unpaired) electrons. The summed E-state index contributed by atoms with van der Waals surface area (Å²) in [5.41, 5.74) is -0.911. The van der Waals surface area contributed by atoms with Crippen LogP contribution in [0, 0.1) is 94.7 Å². The average molecular weight is 1230 g/mol. The van der Waals surface area contributed by atoms with Crippen molar-refractivity contribution < 1.29 is 65.7 Å². The first kappa shape index (κ1) is 72.2. The van der Waals surface area contributed by atoms with Crippen LogP contribution >= 0.6 is 15.9 Å². The molecule has 78 heavy (non-hydrogen) atoms. The Balaban J connectivity index is 0.000000356. The molecule has 3 N–H and O–H groups in total. The number of aliphatic hydroxyl groups excluding tert-OH is 1. The smallest absolute Gasteiger partial charge is 1.00 e. The number of carboxylic acid groups (broad SMARTS) is 2. The molecule has 8 saturated carbocycles. The van der Waals surface area contributed by atoms with Crippen molar-refractivity contribution >= 4 is 62.9 Å². The zero-order chi connectivity index (χ0) is 56.3. The van der Waals surface area contributed by atoms with Gasteiger partial charge in [0.1, 0.15) is 12.2 Å². The topological polar surface area (TPSA) is 160 Å². The van der Waals surface area contributed by atoms with E-state index in [9.17, 15) is 34.5 Å². The fraction of sp³-hybridized carbons (Fsp3) is 0.769. The van der Waals surface area contributed by atoms with E-state index in [2.05, 4.69) is 55.7 Å². The van der Waals surface area contributed by atoms with Gasteiger partial charge in [-0.05, 0) is 211 Å². The average Bonchev–Trinajstić information content (AvgIpc) is 4.19. The maximum absolute atomic E-state index is 12.4. The summed E-state index contributed by atoms with van der Waals surface area (Å²) in [5, 5.41) is 29.7. The molecule has 9 rings (SSSR count). The Kier molecular flexibility index (Phi) is 32.7. The van der Waals surface area contributed by atoms with Crippen molar-refractivity contribution in [3.8, 4) is 0 Å². The summed E-state index contributed by atoms with van der Waals surface area (Å²) in [7, 11) is 0. The molecule has 0 aromatic rings. The molecule has 8 bridgehead atoms. The third-order valence-corrected chi connectivity index (χ3v) is 19.4. The molecule has 9 aliphatic rings. The van der Waals surface area contributed by atoms with Gasteiger partial charge in [-0.3, -0.25) is 19.2 Å². The monoisotopic (exact) mass is 1230 g/mol. The van der Waals surface area contributed by atoms with Crippen molar-refractivity contribution in [3.63, 3.8) is 0 Å². The van der Waals surface area contributed by atoms with Crippen molar-refractivity contribution in [2.75, 3.05) is 5.33 Å². The number of carbonyl (C=O) groups is 4. The zero-order valence-electron chi connectivity index (χ0n) is 49.2. The number of ether oxygens (including phenoxy) is 3. The van der Waals surface area contributed by atoms with Crippen LogP contribution in [0.2, 0.25) is 0 Å². The fourth-order valence-corrected chi connectivity index (χ4v) is 15.0. The molecule has 0 amide bonds. The quantitative estimate of drug-likeness (QED) is 0.0192. The van der Waals surface area contributed by atoms with Crippen LogP contribution in [0.1, 0.15) is 189 Å². The molecule has 0 unspecified atom stereocenters. The largest absolute Gasteiger partial charge is 2.00 e. The molecule has 18 atom stereocenters. The van der Waals surface area contributed by atoms with Gasteiger partial charge in [0.25, 0.3) is 0 Å². The number of carbonyl (C=O) groups excluding carboxylic acids is 2. The summed E-state index contributed by atoms with van der Waals surface area (Å²) >= 11 is 3.13. The minimum absolute atomic E-state index is 0. The summed E-state index contributed by atoms with van der Waals surface area (Å²) in [5.74, 6) is 3.37. The second-order valence-corrected chi connectivity index (χ2v) is 26.7. The van der Waals surface area contributed by atoms with Crippen molar-refractivity contribution in [3.05, 3.63) is 70.2 Å². The van der Waals surface area contributed by atoms with Gasteiger partial charge in [0, 0.05) is 5.33 Å². The summed E-state index contributed by atoms with van der Waals surface area (Å²) in [6, 6.07) is 0. The van der Waals surface area contributed by atoms with Crippen molar-refractivity contribution in [1.29, 1.82) is 0 Å². The van der Waals surface area contributed by atoms with Crippen LogP contribution < -0.4 is 17.0 Å². The number of alkyl halides is 1. The Hall–Kier alpha value is -1.90. The Labute approximate surface area is 508 Å². The Bertz CT molecular complexity index is 1770. The van der Waals surface area contributed by atoms with Crippen molar-refractivity contribution in [2.24, 2.45) is 87.8 Å². The van der Waals surface area contributed by atoms with Gasteiger partial charge in [0.2, 0.25) is 0 Å². The summed E-state index contributed by atoms with van der Waals surface area (Å²) < 4.78 is 17.1. The van der Waals surface area contributed by atoms with Crippen LogP contribution in [-0.2, 0) is 33.4 Å². The Morgan fingerprint density at radius 1 is 0.564 bits per heavy atom. The van der Waals surface area contributed by atoms with Gasteiger partial charge in [0.15, 0.2) is 0 Å². The number of aliphatic hydroxyl groups is 1. The number of halogens is 2. The fourth-order valence-electron chi connectivity index (χ4n) is 15.0. The van der Waals surface area contributed by atoms with E-state index in [-0.39, 0.29) is 83.1 Å². The molecule has 9 fully saturated rings. The molecule has 10 nitrogen and oxygen atoms in total. The number of rotatable bonds is 21. The second-order valence-electron chi connectivity index (χ2n) is 26.1. The molecule has 13 heteroatoms. The van der Waals surface area contributed by atoms with Crippen LogP contribution in [0.25, 0.3) is 0 Å². The first-order valence-corrected chi connectivity index (χ1v) is 30.8. The normalized spacial score (nSPS) is 32.9. The number of epoxide rings is 1. The first-order chi connectivity index (χ1) is 36.1. The predicted molar refractivity (Wildman–Crippen MR) is 316 cm³/mol. The van der Waals surface area contributed by atoms with Gasteiger partial charge in [-0.1, -0.05) is 81.8 Å². The molecule has 1 aliphatic heterocycles. The van der Waals surface area contributed by atoms with Gasteiger partial charge in [-0.15, -0.1) is 26.3 Å². The molecule has 0 aromatic carbocycles. The number of allylic oxidation sites excluding steroid dienone is 5. The molecule has 1 saturated heterocycles. The maximum Gasteiger partial charge on any atom is 2.00 e. The van der Waals surface area contributed by atoms with Crippen LogP contribution in [0.15, 0.2) is 63.3 Å². The van der Waals surface area contributed by atoms with Gasteiger partial charge in [0.05, 0.1) is 43.0 Å². The second kappa shape index (κ2) is 35.3. The van der Waals surface area contributed by atoms with Gasteiger partial charge < -0.3 is 46.5 Å². The third kappa shape index (κ3) is 21.4. The molecule has 0 spiro atoms. The molecule has 8 aliphatic carbocycles. The van der Waals surface area contributed by atoms with E-state index >= 15 is 0 Å². The summed E-state index contributed by atoms with van der Waals surface area (Å²) in [4.78, 5) is 47.8. The number of unbranched alkanes of at least 4 members (excludes halogenated alkanes) is 3. The number of aliphatic carboxylic acids is 2. The number of hydrogen-bond acceptors (Lipinski definition) is 8. The number of carboxylic acids is 2. The van der Waals surface area contributed by atoms with Gasteiger partial charge in [-0.25, -0.2) is 19.6 Å². The Morgan fingerprint density at radius 3 is 1.14 bits per heavy atom. The standard InChI is InChI=1S/2C20H32O4.C12H20O.C7H10O.C3H5Br.C3H5.BrH.Mg/c2*1-5-6-7-8-15-13-9-10-14(11-13)18(15)24-17(21)12-16(19(22)23)20(2,3)4;1-2-3-4-5-11-9-6-7-10(8-9)12(11)13;1-2-5-3-4(1)6-7(5)8-6;1-2-3-4;1-3-2;;/h2*5,13-16,18H,1,6-12H2,2-4H3,(H,22,23);2,9-13H,1,3-8H2;4-7H,1-3H2;2H,1,3H2;3H,1-2H2;1H;/q;;;;;-1;;+2/p-1/t13-,14+,15-,16+,18-;13-,14+,15-,16-,18-;9-,10+,11-,12-;4-,5+,6+,7-;;;;/m011...../s1. The van der Waals surface area contributed by atoms with E-state index in [1.165, 1.54) is 83.1 Å². The van der Waals surface area contributed by atoms with Gasteiger partial charge >= 0.3 is 46.9 Å². The maximum atomic E-state index is 12.4. The molecule has 0 aromatic heterocycles. The number of fused-ring (bicyclic) bond motifs is 11. The first-order valence-electron chi connectivity index (χ1n) is 29.7. The number of hydrogen-bond donors (Lipinski definition) is 3. The third-order valence-electron chi connectivity index (χ3n) is 19.0. The van der Waals surface area contributed by atoms with E-state index in [0.717, 1.165) is 93.1 Å². The van der Waals surface area contributed by atoms with Crippen LogP contribution in [-0.4, -0.2) is 98.1 Å². The minimum atomic E-state index is -0.921. The van der Waals surface area contributed by atoms with E-state index in [1.54, 1.807) is 6.08 Å². The molecule has 440 valence electrons. The van der Waals surface area contributed by atoms with Crippen molar-refractivity contribution in [1.82, 2.24) is 0 Å². The van der Waals surface area contributed by atoms with Crippen LogP contribution in [0.4, 0.5) is 0 Å². The van der Waals surface area contributed by atoms with Crippen LogP contribution in [0.5, 0.6) is 0 Å². The summed E-state index contributed by atoms with van der Waals surface area (Å²) in [6.07, 6.45) is 36.0. The predicted octanol–water partition coefficient (Wildman–Crippen LogP) is 12.0. The van der Waals surface area contributed by atoms with E-state index < -0.39 is 34.6 Å². The Morgan fingerprint density at radius 2 is 0.859 bits per heavy atom. The zero-order valence-corrected chi connectivity index (χ0v) is 53.7. The number of esters is 2. The van der Waals surface area contributed by atoms with Crippen LogP contribution in [0.3, 0.4) is 0 Å². The van der Waals surface area contributed by atoms with E-state index in [4.69, 9.17) is 14.2 Å². The molecule has 1 heterocycles. The van der Waals surface area contributed by atoms with Crippen molar-refractivity contribution in [2.45, 2.75) is 220 Å².